The Hall–Kier alpha value is -1.12. The minimum Gasteiger partial charge on any atom is -0.443 e. The number of amides is 1. The first kappa shape index (κ1) is 12.9. The molecule has 1 amide bonds. The molecule has 0 bridgehead atoms. The fourth-order valence-electron chi connectivity index (χ4n) is 2.42. The normalized spacial score (nSPS) is 27.7. The average Bonchev–Trinajstić information content (AvgIpc) is 2.93. The van der Waals surface area contributed by atoms with E-state index in [4.69, 9.17) is 4.74 Å². The van der Waals surface area contributed by atoms with E-state index >= 15 is 0 Å². The third-order valence-corrected chi connectivity index (χ3v) is 6.28. The Morgan fingerprint density at radius 2 is 2.32 bits per heavy atom. The van der Waals surface area contributed by atoms with Crippen LogP contribution in [-0.2, 0) is 14.8 Å². The van der Waals surface area contributed by atoms with Crippen LogP contribution in [0.1, 0.15) is 11.3 Å². The second-order valence-electron chi connectivity index (χ2n) is 4.74. The number of hydrogen-bond acceptors (Lipinski definition) is 5. The summed E-state index contributed by atoms with van der Waals surface area (Å²) < 4.78 is 31.4. The van der Waals surface area contributed by atoms with E-state index in [2.05, 4.69) is 5.32 Å². The highest BCUT2D eigenvalue weighted by Gasteiger charge is 2.42. The van der Waals surface area contributed by atoms with Gasteiger partial charge < -0.3 is 10.1 Å². The molecule has 19 heavy (non-hydrogen) atoms. The Morgan fingerprint density at radius 1 is 1.53 bits per heavy atom. The van der Waals surface area contributed by atoms with Crippen LogP contribution in [0, 0.1) is 6.92 Å². The van der Waals surface area contributed by atoms with Gasteiger partial charge in [0.15, 0.2) is 0 Å². The van der Waals surface area contributed by atoms with Crippen LogP contribution in [0.3, 0.4) is 0 Å². The van der Waals surface area contributed by atoms with Crippen LogP contribution in [0.2, 0.25) is 0 Å². The molecule has 6 nitrogen and oxygen atoms in total. The maximum Gasteiger partial charge on any atom is 0.407 e. The Morgan fingerprint density at radius 3 is 3.00 bits per heavy atom. The summed E-state index contributed by atoms with van der Waals surface area (Å²) in [5.41, 5.74) is 0. The van der Waals surface area contributed by atoms with Crippen molar-refractivity contribution >= 4 is 27.5 Å². The van der Waals surface area contributed by atoms with Crippen LogP contribution < -0.4 is 5.32 Å². The number of piperidine rings is 1. The number of alkyl carbamates (subject to hydrolysis) is 1. The van der Waals surface area contributed by atoms with Crippen molar-refractivity contribution in [2.75, 3.05) is 13.1 Å². The fraction of sp³-hybridized carbons (Fsp3) is 0.545. The average molecular weight is 302 g/mol. The summed E-state index contributed by atoms with van der Waals surface area (Å²) in [7, 11) is -3.47. The molecule has 8 heteroatoms. The number of nitrogens with one attached hydrogen (secondary N) is 1. The highest BCUT2D eigenvalue weighted by atomic mass is 32.2. The molecule has 3 heterocycles. The first-order valence-electron chi connectivity index (χ1n) is 5.99. The van der Waals surface area contributed by atoms with E-state index in [0.29, 0.717) is 17.9 Å². The molecule has 2 fully saturated rings. The van der Waals surface area contributed by atoms with E-state index in [1.54, 1.807) is 11.4 Å². The summed E-state index contributed by atoms with van der Waals surface area (Å²) in [6, 6.07) is 1.61. The van der Waals surface area contributed by atoms with E-state index in [1.165, 1.54) is 15.6 Å². The van der Waals surface area contributed by atoms with Gasteiger partial charge in [-0.25, -0.2) is 13.2 Å². The number of fused-ring (bicyclic) bond motifs is 1. The number of aryl methyl sites for hydroxylation is 1. The minimum absolute atomic E-state index is 0.0665. The summed E-state index contributed by atoms with van der Waals surface area (Å²) in [5.74, 6) is 0. The topological polar surface area (TPSA) is 75.7 Å². The molecule has 104 valence electrons. The van der Waals surface area contributed by atoms with E-state index < -0.39 is 16.1 Å². The lowest BCUT2D eigenvalue weighted by Gasteiger charge is -2.31. The zero-order valence-corrected chi connectivity index (χ0v) is 12.0. The summed E-state index contributed by atoms with van der Waals surface area (Å²) in [5, 5.41) is 4.34. The number of nitrogens with zero attached hydrogens (tertiary/aromatic N) is 1. The van der Waals surface area contributed by atoms with Crippen molar-refractivity contribution in [3.8, 4) is 0 Å². The molecule has 0 aliphatic carbocycles. The second kappa shape index (κ2) is 4.46. The molecule has 0 aromatic carbocycles. The number of sulfonamides is 1. The van der Waals surface area contributed by atoms with Gasteiger partial charge in [0.05, 0.1) is 17.5 Å². The lowest BCUT2D eigenvalue weighted by Crippen LogP contribution is -2.49. The molecule has 1 aromatic heterocycles. The fourth-order valence-corrected chi connectivity index (χ4v) is 5.00. The first-order valence-corrected chi connectivity index (χ1v) is 8.31. The van der Waals surface area contributed by atoms with Gasteiger partial charge in [-0.3, -0.25) is 0 Å². The van der Waals surface area contributed by atoms with Crippen LogP contribution in [0.25, 0.3) is 0 Å². The summed E-state index contributed by atoms with van der Waals surface area (Å²) >= 11 is 1.41. The van der Waals surface area contributed by atoms with Crippen LogP contribution in [0.4, 0.5) is 4.79 Å². The molecule has 0 saturated carbocycles. The standard InChI is InChI=1S/C11H14N2O4S2/c1-7-4-8(6-18-7)19(15,16)13-3-2-9-10(5-13)17-11(14)12-9/h4,6,9-10H,2-3,5H2,1H3,(H,12,14)/t9-,10+/m0/s1. The number of ether oxygens (including phenoxy) is 1. The van der Waals surface area contributed by atoms with Crippen molar-refractivity contribution in [1.29, 1.82) is 0 Å². The van der Waals surface area contributed by atoms with Crippen molar-refractivity contribution in [3.63, 3.8) is 0 Å². The number of rotatable bonds is 2. The summed E-state index contributed by atoms with van der Waals surface area (Å²) in [6.07, 6.45) is -0.255. The van der Waals surface area contributed by atoms with Gasteiger partial charge in [0.1, 0.15) is 6.10 Å². The second-order valence-corrected chi connectivity index (χ2v) is 7.79. The van der Waals surface area contributed by atoms with Crippen molar-refractivity contribution in [2.24, 2.45) is 0 Å². The predicted molar refractivity (Wildman–Crippen MR) is 69.6 cm³/mol. The molecule has 1 N–H and O–H groups in total. The van der Waals surface area contributed by atoms with Crippen LogP contribution in [0.5, 0.6) is 0 Å². The third-order valence-electron chi connectivity index (χ3n) is 3.43. The molecule has 0 spiro atoms. The Bertz CT molecular complexity index is 610. The van der Waals surface area contributed by atoms with Gasteiger partial charge >= 0.3 is 6.09 Å². The van der Waals surface area contributed by atoms with Gasteiger partial charge in [0, 0.05) is 16.8 Å². The lowest BCUT2D eigenvalue weighted by atomic mass is 10.1. The molecule has 2 saturated heterocycles. The summed E-state index contributed by atoms with van der Waals surface area (Å²) in [6.45, 7) is 2.50. The Kier molecular flexibility index (Phi) is 3.03. The van der Waals surface area contributed by atoms with Gasteiger partial charge in [0.2, 0.25) is 10.0 Å². The summed E-state index contributed by atoms with van der Waals surface area (Å²) in [4.78, 5) is 12.4. The van der Waals surface area contributed by atoms with Crippen LogP contribution in [0.15, 0.2) is 16.3 Å². The number of carbonyl (C=O) groups is 1. The van der Waals surface area contributed by atoms with Crippen molar-refractivity contribution in [3.05, 3.63) is 16.3 Å². The number of carbonyl (C=O) groups excluding carboxylic acids is 1. The molecule has 2 atom stereocenters. The Balaban J connectivity index is 1.81. The minimum atomic E-state index is -3.47. The van der Waals surface area contributed by atoms with Gasteiger partial charge in [-0.1, -0.05) is 0 Å². The number of hydrogen-bond donors (Lipinski definition) is 1. The van der Waals surface area contributed by atoms with Crippen molar-refractivity contribution < 1.29 is 17.9 Å². The molecular formula is C11H14N2O4S2. The van der Waals surface area contributed by atoms with Crippen molar-refractivity contribution in [1.82, 2.24) is 9.62 Å². The van der Waals surface area contributed by atoms with Gasteiger partial charge in [-0.2, -0.15) is 4.31 Å². The zero-order chi connectivity index (χ0) is 13.6. The van der Waals surface area contributed by atoms with E-state index in [9.17, 15) is 13.2 Å². The van der Waals surface area contributed by atoms with Crippen LogP contribution >= 0.6 is 11.3 Å². The highest BCUT2D eigenvalue weighted by molar-refractivity contribution is 7.89. The van der Waals surface area contributed by atoms with Crippen molar-refractivity contribution in [2.45, 2.75) is 30.4 Å². The van der Waals surface area contributed by atoms with E-state index in [-0.39, 0.29) is 18.7 Å². The van der Waals surface area contributed by atoms with Gasteiger partial charge in [-0.05, 0) is 19.4 Å². The van der Waals surface area contributed by atoms with Crippen LogP contribution in [-0.4, -0.2) is 44.1 Å². The first-order chi connectivity index (χ1) is 8.96. The molecule has 3 rings (SSSR count). The van der Waals surface area contributed by atoms with E-state index in [0.717, 1.165) is 4.88 Å². The maximum absolute atomic E-state index is 12.4. The quantitative estimate of drug-likeness (QED) is 0.882. The maximum atomic E-state index is 12.4. The molecule has 2 aliphatic heterocycles. The van der Waals surface area contributed by atoms with Gasteiger partial charge in [-0.15, -0.1) is 11.3 Å². The Labute approximate surface area is 115 Å². The smallest absolute Gasteiger partial charge is 0.407 e. The third kappa shape index (κ3) is 2.24. The highest BCUT2D eigenvalue weighted by Crippen LogP contribution is 2.27. The lowest BCUT2D eigenvalue weighted by molar-refractivity contribution is 0.0991. The zero-order valence-electron chi connectivity index (χ0n) is 10.3. The largest absolute Gasteiger partial charge is 0.443 e. The van der Waals surface area contributed by atoms with Gasteiger partial charge in [0.25, 0.3) is 0 Å². The molecule has 2 aliphatic rings. The molecular weight excluding hydrogens is 288 g/mol. The monoisotopic (exact) mass is 302 g/mol. The molecule has 1 aromatic rings. The molecule has 0 unspecified atom stereocenters. The predicted octanol–water partition coefficient (Wildman–Crippen LogP) is 0.928. The molecule has 0 radical (unpaired) electrons. The SMILES string of the molecule is Cc1cc(S(=O)(=O)N2CC[C@@H]3NC(=O)O[C@@H]3C2)cs1. The number of thiophene rings is 1. The van der Waals surface area contributed by atoms with E-state index in [1.807, 2.05) is 6.92 Å².